The van der Waals surface area contributed by atoms with Crippen molar-refractivity contribution in [1.82, 2.24) is 10.6 Å². The lowest BCUT2D eigenvalue weighted by molar-refractivity contribution is -0.129. The first kappa shape index (κ1) is 20.2. The number of primary amides is 1. The summed E-state index contributed by atoms with van der Waals surface area (Å²) in [4.78, 5) is 35.9. The van der Waals surface area contributed by atoms with Crippen molar-refractivity contribution in [2.75, 3.05) is 0 Å². The molecule has 1 atom stereocenters. The Kier molecular flexibility index (Phi) is 7.55. The van der Waals surface area contributed by atoms with Crippen LogP contribution in [0.4, 0.5) is 0 Å². The highest BCUT2D eigenvalue weighted by Gasteiger charge is 2.22. The van der Waals surface area contributed by atoms with E-state index >= 15 is 0 Å². The maximum absolute atomic E-state index is 12.7. The number of hydrogen-bond donors (Lipinski definition) is 3. The van der Waals surface area contributed by atoms with E-state index in [1.807, 2.05) is 37.3 Å². The molecule has 0 aliphatic rings. The van der Waals surface area contributed by atoms with E-state index < -0.39 is 11.9 Å². The van der Waals surface area contributed by atoms with E-state index in [-0.39, 0.29) is 18.4 Å². The zero-order valence-electron chi connectivity index (χ0n) is 15.4. The average molecular weight is 367 g/mol. The van der Waals surface area contributed by atoms with Gasteiger partial charge in [-0.1, -0.05) is 55.8 Å². The van der Waals surface area contributed by atoms with E-state index in [9.17, 15) is 14.4 Å². The molecule has 0 aromatic heterocycles. The van der Waals surface area contributed by atoms with E-state index in [4.69, 9.17) is 5.73 Å². The summed E-state index contributed by atoms with van der Waals surface area (Å²) in [5, 5.41) is 5.65. The summed E-state index contributed by atoms with van der Waals surface area (Å²) in [5.74, 6) is -0.929. The van der Waals surface area contributed by atoms with Gasteiger partial charge in [-0.15, -0.1) is 0 Å². The van der Waals surface area contributed by atoms with Crippen molar-refractivity contribution in [3.63, 3.8) is 0 Å². The minimum absolute atomic E-state index is 0.147. The van der Waals surface area contributed by atoms with Crippen molar-refractivity contribution < 1.29 is 14.4 Å². The SMILES string of the molecule is CCCCC(=O)NC(C(=O)NCc1ccc(C(N)=O)cc1)c1ccccc1. The first-order chi connectivity index (χ1) is 13.0. The predicted molar refractivity (Wildman–Crippen MR) is 104 cm³/mol. The molecule has 0 aliphatic heterocycles. The number of rotatable bonds is 9. The summed E-state index contributed by atoms with van der Waals surface area (Å²) in [5.41, 5.74) is 7.19. The van der Waals surface area contributed by atoms with Crippen molar-refractivity contribution in [2.45, 2.75) is 38.8 Å². The molecule has 1 unspecified atom stereocenters. The molecule has 2 aromatic carbocycles. The topological polar surface area (TPSA) is 101 Å². The van der Waals surface area contributed by atoms with E-state index in [1.54, 1.807) is 24.3 Å². The highest BCUT2D eigenvalue weighted by atomic mass is 16.2. The summed E-state index contributed by atoms with van der Waals surface area (Å²) >= 11 is 0. The van der Waals surface area contributed by atoms with E-state index in [0.29, 0.717) is 12.0 Å². The zero-order valence-corrected chi connectivity index (χ0v) is 15.4. The highest BCUT2D eigenvalue weighted by Crippen LogP contribution is 2.14. The second-order valence-corrected chi connectivity index (χ2v) is 6.29. The predicted octanol–water partition coefficient (Wildman–Crippen LogP) is 2.45. The second kappa shape index (κ2) is 10.1. The third kappa shape index (κ3) is 6.26. The maximum atomic E-state index is 12.7. The van der Waals surface area contributed by atoms with Crippen LogP contribution in [-0.2, 0) is 16.1 Å². The Morgan fingerprint density at radius 3 is 2.26 bits per heavy atom. The lowest BCUT2D eigenvalue weighted by atomic mass is 10.1. The number of benzene rings is 2. The molecule has 6 heteroatoms. The minimum atomic E-state index is -0.750. The van der Waals surface area contributed by atoms with Crippen molar-refractivity contribution in [2.24, 2.45) is 5.73 Å². The van der Waals surface area contributed by atoms with Crippen LogP contribution in [0.5, 0.6) is 0 Å². The fourth-order valence-electron chi connectivity index (χ4n) is 2.59. The van der Waals surface area contributed by atoms with Crippen LogP contribution in [0, 0.1) is 0 Å². The molecule has 0 bridgehead atoms. The summed E-state index contributed by atoms with van der Waals surface area (Å²) in [6.07, 6.45) is 2.08. The van der Waals surface area contributed by atoms with Gasteiger partial charge in [-0.25, -0.2) is 0 Å². The number of carbonyl (C=O) groups is 3. The Labute approximate surface area is 159 Å². The van der Waals surface area contributed by atoms with Crippen molar-refractivity contribution in [3.8, 4) is 0 Å². The van der Waals surface area contributed by atoms with Crippen LogP contribution in [-0.4, -0.2) is 17.7 Å². The van der Waals surface area contributed by atoms with Crippen LogP contribution >= 0.6 is 0 Å². The van der Waals surface area contributed by atoms with Crippen LogP contribution in [0.3, 0.4) is 0 Å². The molecule has 3 amide bonds. The Bertz CT molecular complexity index is 773. The molecule has 0 saturated heterocycles. The zero-order chi connectivity index (χ0) is 19.6. The van der Waals surface area contributed by atoms with Crippen LogP contribution < -0.4 is 16.4 Å². The van der Waals surface area contributed by atoms with Gasteiger partial charge in [0.15, 0.2) is 0 Å². The molecule has 27 heavy (non-hydrogen) atoms. The van der Waals surface area contributed by atoms with Crippen molar-refractivity contribution >= 4 is 17.7 Å². The van der Waals surface area contributed by atoms with Crippen molar-refractivity contribution in [3.05, 3.63) is 71.3 Å². The summed E-state index contributed by atoms with van der Waals surface area (Å²) < 4.78 is 0. The van der Waals surface area contributed by atoms with E-state index in [1.165, 1.54) is 0 Å². The van der Waals surface area contributed by atoms with Gasteiger partial charge in [-0.2, -0.15) is 0 Å². The van der Waals surface area contributed by atoms with Gasteiger partial charge in [0.05, 0.1) is 0 Å². The molecule has 142 valence electrons. The molecule has 2 aromatic rings. The van der Waals surface area contributed by atoms with Gasteiger partial charge < -0.3 is 16.4 Å². The van der Waals surface area contributed by atoms with Crippen LogP contribution in [0.15, 0.2) is 54.6 Å². The van der Waals surface area contributed by atoms with Gasteiger partial charge in [0, 0.05) is 18.5 Å². The quantitative estimate of drug-likeness (QED) is 0.634. The Morgan fingerprint density at radius 2 is 1.67 bits per heavy atom. The maximum Gasteiger partial charge on any atom is 0.248 e. The van der Waals surface area contributed by atoms with Crippen LogP contribution in [0.25, 0.3) is 0 Å². The van der Waals surface area contributed by atoms with E-state index in [2.05, 4.69) is 10.6 Å². The Balaban J connectivity index is 2.04. The van der Waals surface area contributed by atoms with Gasteiger partial charge >= 0.3 is 0 Å². The molecule has 0 fully saturated rings. The summed E-state index contributed by atoms with van der Waals surface area (Å²) in [6, 6.07) is 15.1. The average Bonchev–Trinajstić information content (AvgIpc) is 2.69. The molecule has 4 N–H and O–H groups in total. The Morgan fingerprint density at radius 1 is 1.00 bits per heavy atom. The molecule has 6 nitrogen and oxygen atoms in total. The normalized spacial score (nSPS) is 11.4. The molecular weight excluding hydrogens is 342 g/mol. The first-order valence-corrected chi connectivity index (χ1v) is 9.02. The molecule has 0 aliphatic carbocycles. The summed E-state index contributed by atoms with van der Waals surface area (Å²) in [6.45, 7) is 2.30. The van der Waals surface area contributed by atoms with Crippen molar-refractivity contribution in [1.29, 1.82) is 0 Å². The molecule has 0 heterocycles. The van der Waals surface area contributed by atoms with Gasteiger partial charge in [0.1, 0.15) is 6.04 Å². The van der Waals surface area contributed by atoms with Gasteiger partial charge in [-0.3, -0.25) is 14.4 Å². The molecule has 0 radical (unpaired) electrons. The number of nitrogens with one attached hydrogen (secondary N) is 2. The number of hydrogen-bond acceptors (Lipinski definition) is 3. The summed E-state index contributed by atoms with van der Waals surface area (Å²) in [7, 11) is 0. The molecule has 0 saturated carbocycles. The number of amides is 3. The standard InChI is InChI=1S/C21H25N3O3/c1-2-3-9-18(25)24-19(16-7-5-4-6-8-16)21(27)23-14-15-10-12-17(13-11-15)20(22)26/h4-8,10-13,19H,2-3,9,14H2,1H3,(H2,22,26)(H,23,27)(H,24,25). The fourth-order valence-corrected chi connectivity index (χ4v) is 2.59. The molecule has 2 rings (SSSR count). The lowest BCUT2D eigenvalue weighted by Crippen LogP contribution is -2.40. The van der Waals surface area contributed by atoms with Gasteiger partial charge in [-0.05, 0) is 29.7 Å². The highest BCUT2D eigenvalue weighted by molar-refractivity contribution is 5.92. The molecule has 0 spiro atoms. The number of unbranched alkanes of at least 4 members (excludes halogenated alkanes) is 1. The molecular formula is C21H25N3O3. The van der Waals surface area contributed by atoms with Crippen LogP contribution in [0.1, 0.15) is 53.7 Å². The Hall–Kier alpha value is -3.15. The van der Waals surface area contributed by atoms with Gasteiger partial charge in [0.2, 0.25) is 17.7 Å². The van der Waals surface area contributed by atoms with Gasteiger partial charge in [0.25, 0.3) is 0 Å². The minimum Gasteiger partial charge on any atom is -0.366 e. The first-order valence-electron chi connectivity index (χ1n) is 9.02. The second-order valence-electron chi connectivity index (χ2n) is 6.29. The monoisotopic (exact) mass is 367 g/mol. The largest absolute Gasteiger partial charge is 0.366 e. The third-order valence-electron chi connectivity index (χ3n) is 4.16. The number of nitrogens with two attached hydrogens (primary N) is 1. The number of carbonyl (C=O) groups excluding carboxylic acids is 3. The smallest absolute Gasteiger partial charge is 0.248 e. The lowest BCUT2D eigenvalue weighted by Gasteiger charge is -2.19. The van der Waals surface area contributed by atoms with E-state index in [0.717, 1.165) is 24.0 Å². The van der Waals surface area contributed by atoms with Crippen LogP contribution in [0.2, 0.25) is 0 Å². The fraction of sp³-hybridized carbons (Fsp3) is 0.286. The third-order valence-corrected chi connectivity index (χ3v) is 4.16.